The highest BCUT2D eigenvalue weighted by Gasteiger charge is 2.27. The number of ether oxygens (including phenoxy) is 1. The maximum atomic E-state index is 12.8. The molecule has 11 heteroatoms. The minimum atomic E-state index is -0.576. The minimum absolute atomic E-state index is 0.0474. The highest BCUT2D eigenvalue weighted by atomic mass is 35.5. The van der Waals surface area contributed by atoms with Gasteiger partial charge in [-0.2, -0.15) is 0 Å². The van der Waals surface area contributed by atoms with E-state index in [0.717, 1.165) is 0 Å². The molecule has 0 saturated carbocycles. The van der Waals surface area contributed by atoms with E-state index in [9.17, 15) is 19.7 Å². The number of carbonyl (C=O) groups excluding carboxylic acids is 2. The number of benzene rings is 2. The Morgan fingerprint density at radius 1 is 1.03 bits per heavy atom. The molecule has 10 nitrogen and oxygen atoms in total. The fourth-order valence-corrected chi connectivity index (χ4v) is 3.59. The van der Waals surface area contributed by atoms with Crippen LogP contribution in [0.25, 0.3) is 0 Å². The van der Waals surface area contributed by atoms with Crippen LogP contribution in [0.1, 0.15) is 26.6 Å². The van der Waals surface area contributed by atoms with Crippen molar-refractivity contribution in [1.82, 2.24) is 15.0 Å². The zero-order valence-electron chi connectivity index (χ0n) is 17.6. The third kappa shape index (κ3) is 4.96. The monoisotopic (exact) mass is 470 g/mol. The summed E-state index contributed by atoms with van der Waals surface area (Å²) in [6.07, 6.45) is 0. The molecule has 2 heterocycles. The van der Waals surface area contributed by atoms with Crippen molar-refractivity contribution in [2.45, 2.75) is 6.92 Å². The Morgan fingerprint density at radius 2 is 1.67 bits per heavy atom. The van der Waals surface area contributed by atoms with Gasteiger partial charge in [0.2, 0.25) is 11.5 Å². The van der Waals surface area contributed by atoms with E-state index in [-0.39, 0.29) is 34.0 Å². The molecule has 0 atom stereocenters. The summed E-state index contributed by atoms with van der Waals surface area (Å²) in [7, 11) is 0. The first-order valence-corrected chi connectivity index (χ1v) is 10.4. The second-order valence-corrected chi connectivity index (χ2v) is 7.85. The van der Waals surface area contributed by atoms with Crippen LogP contribution < -0.4 is 4.74 Å². The first-order chi connectivity index (χ1) is 15.8. The number of aryl methyl sites for hydroxylation is 1. The number of amides is 2. The molecule has 1 aromatic heterocycles. The largest absolute Gasteiger partial charge is 0.450 e. The van der Waals surface area contributed by atoms with Gasteiger partial charge in [0.15, 0.2) is 0 Å². The Balaban J connectivity index is 1.37. The van der Waals surface area contributed by atoms with Crippen LogP contribution in [0, 0.1) is 17.0 Å². The first kappa shape index (κ1) is 22.3. The molecule has 0 spiro atoms. The van der Waals surface area contributed by atoms with Gasteiger partial charge < -0.3 is 19.1 Å². The van der Waals surface area contributed by atoms with E-state index >= 15 is 0 Å². The van der Waals surface area contributed by atoms with Gasteiger partial charge in [-0.3, -0.25) is 19.7 Å². The number of hydrogen-bond donors (Lipinski definition) is 0. The topological polar surface area (TPSA) is 119 Å². The quantitative estimate of drug-likeness (QED) is 0.409. The predicted octanol–water partition coefficient (Wildman–Crippen LogP) is 3.94. The third-order valence-electron chi connectivity index (χ3n) is 5.14. The van der Waals surface area contributed by atoms with Crippen LogP contribution in [-0.4, -0.2) is 57.9 Å². The van der Waals surface area contributed by atoms with Crippen molar-refractivity contribution in [2.24, 2.45) is 0 Å². The molecule has 1 aliphatic heterocycles. The fraction of sp³-hybridized carbons (Fsp3) is 0.227. The van der Waals surface area contributed by atoms with Crippen LogP contribution in [0.2, 0.25) is 5.02 Å². The minimum Gasteiger partial charge on any atom is -0.450 e. The molecule has 0 unspecified atom stereocenters. The average Bonchev–Trinajstić information content (AvgIpc) is 3.26. The summed E-state index contributed by atoms with van der Waals surface area (Å²) in [5.41, 5.74) is 0.819. The average molecular weight is 471 g/mol. The van der Waals surface area contributed by atoms with E-state index in [1.807, 2.05) is 0 Å². The molecule has 33 heavy (non-hydrogen) atoms. The van der Waals surface area contributed by atoms with Gasteiger partial charge in [-0.15, -0.1) is 0 Å². The smallest absolute Gasteiger partial charge is 0.313 e. The van der Waals surface area contributed by atoms with Crippen molar-refractivity contribution < 1.29 is 23.8 Å². The molecule has 1 saturated heterocycles. The Bertz CT molecular complexity index is 1200. The van der Waals surface area contributed by atoms with Crippen LogP contribution in [0.5, 0.6) is 11.5 Å². The molecule has 3 aromatic rings. The van der Waals surface area contributed by atoms with Gasteiger partial charge in [0.05, 0.1) is 10.6 Å². The standard InChI is InChI=1S/C22H19ClN4O6/c1-14-12-20(33-24-14)22(29)26-10-8-25(9-11-26)21(28)15-2-5-17(6-3-15)32-19-7-4-16(23)13-18(19)27(30)31/h2-7,12-13H,8-11H2,1H3. The number of rotatable bonds is 5. The molecule has 0 N–H and O–H groups in total. The molecule has 2 aromatic carbocycles. The first-order valence-electron chi connectivity index (χ1n) is 10.1. The summed E-state index contributed by atoms with van der Waals surface area (Å²) >= 11 is 5.82. The lowest BCUT2D eigenvalue weighted by molar-refractivity contribution is -0.385. The molecular formula is C22H19ClN4O6. The normalized spacial score (nSPS) is 13.6. The Labute approximate surface area is 193 Å². The number of aromatic nitrogens is 1. The van der Waals surface area contributed by atoms with E-state index in [1.165, 1.54) is 18.2 Å². The highest BCUT2D eigenvalue weighted by molar-refractivity contribution is 6.30. The Kier molecular flexibility index (Phi) is 6.27. The summed E-state index contributed by atoms with van der Waals surface area (Å²) in [4.78, 5) is 39.2. The fourth-order valence-electron chi connectivity index (χ4n) is 3.43. The lowest BCUT2D eigenvalue weighted by Gasteiger charge is -2.34. The van der Waals surface area contributed by atoms with Crippen molar-refractivity contribution in [3.05, 3.63) is 80.7 Å². The van der Waals surface area contributed by atoms with Crippen LogP contribution in [-0.2, 0) is 0 Å². The molecule has 0 aliphatic carbocycles. The number of halogens is 1. The van der Waals surface area contributed by atoms with Crippen LogP contribution in [0.4, 0.5) is 5.69 Å². The second-order valence-electron chi connectivity index (χ2n) is 7.41. The summed E-state index contributed by atoms with van der Waals surface area (Å²) in [6.45, 7) is 3.27. The van der Waals surface area contributed by atoms with Crippen LogP contribution in [0.15, 0.2) is 53.1 Å². The molecular weight excluding hydrogens is 452 g/mol. The van der Waals surface area contributed by atoms with E-state index < -0.39 is 4.92 Å². The lowest BCUT2D eigenvalue weighted by Crippen LogP contribution is -2.50. The maximum absolute atomic E-state index is 12.8. The van der Waals surface area contributed by atoms with Gasteiger partial charge in [0.25, 0.3) is 11.8 Å². The second kappa shape index (κ2) is 9.29. The number of nitrogens with zero attached hydrogens (tertiary/aromatic N) is 4. The van der Waals surface area contributed by atoms with Gasteiger partial charge in [-0.05, 0) is 43.3 Å². The SMILES string of the molecule is Cc1cc(C(=O)N2CCN(C(=O)c3ccc(Oc4ccc(Cl)cc4[N+](=O)[O-])cc3)CC2)on1. The molecule has 0 bridgehead atoms. The van der Waals surface area contributed by atoms with Gasteiger partial charge in [-0.1, -0.05) is 16.8 Å². The van der Waals surface area contributed by atoms with Gasteiger partial charge in [0.1, 0.15) is 5.75 Å². The van der Waals surface area contributed by atoms with E-state index in [1.54, 1.807) is 47.1 Å². The van der Waals surface area contributed by atoms with E-state index in [0.29, 0.717) is 43.2 Å². The number of hydrogen-bond acceptors (Lipinski definition) is 7. The molecule has 4 rings (SSSR count). The summed E-state index contributed by atoms with van der Waals surface area (Å²) in [6, 6.07) is 12.0. The molecule has 0 radical (unpaired) electrons. The van der Waals surface area contributed by atoms with Crippen molar-refractivity contribution in [2.75, 3.05) is 26.2 Å². The zero-order chi connectivity index (χ0) is 23.5. The zero-order valence-corrected chi connectivity index (χ0v) is 18.3. The summed E-state index contributed by atoms with van der Waals surface area (Å²) < 4.78 is 10.6. The number of nitro benzene ring substituents is 1. The highest BCUT2D eigenvalue weighted by Crippen LogP contribution is 2.33. The molecule has 1 aliphatic rings. The summed E-state index contributed by atoms with van der Waals surface area (Å²) in [5, 5.41) is 15.2. The van der Waals surface area contributed by atoms with E-state index in [4.69, 9.17) is 20.9 Å². The third-order valence-corrected chi connectivity index (χ3v) is 5.37. The van der Waals surface area contributed by atoms with Crippen molar-refractivity contribution in [1.29, 1.82) is 0 Å². The number of nitro groups is 1. The molecule has 170 valence electrons. The lowest BCUT2D eigenvalue weighted by atomic mass is 10.1. The summed E-state index contributed by atoms with van der Waals surface area (Å²) in [5.74, 6) is 0.145. The predicted molar refractivity (Wildman–Crippen MR) is 118 cm³/mol. The van der Waals surface area contributed by atoms with Crippen LogP contribution >= 0.6 is 11.6 Å². The van der Waals surface area contributed by atoms with Crippen molar-refractivity contribution in [3.63, 3.8) is 0 Å². The Hall–Kier alpha value is -3.92. The van der Waals surface area contributed by atoms with Crippen molar-refractivity contribution in [3.8, 4) is 11.5 Å². The molecule has 2 amide bonds. The van der Waals surface area contributed by atoms with E-state index in [2.05, 4.69) is 5.16 Å². The number of carbonyl (C=O) groups is 2. The van der Waals surface area contributed by atoms with Crippen LogP contribution in [0.3, 0.4) is 0 Å². The molecule has 1 fully saturated rings. The van der Waals surface area contributed by atoms with Crippen molar-refractivity contribution >= 4 is 29.1 Å². The van der Waals surface area contributed by atoms with Gasteiger partial charge in [-0.25, -0.2) is 0 Å². The maximum Gasteiger partial charge on any atom is 0.313 e. The van der Waals surface area contributed by atoms with Gasteiger partial charge in [0, 0.05) is 48.9 Å². The van der Waals surface area contributed by atoms with Gasteiger partial charge >= 0.3 is 5.69 Å². The Morgan fingerprint density at radius 3 is 2.24 bits per heavy atom. The number of piperazine rings is 1.